The smallest absolute Gasteiger partial charge is 0.242 e. The number of piperazine rings is 1. The molecule has 21 heavy (non-hydrogen) atoms. The molecule has 1 aliphatic rings. The monoisotopic (exact) mass is 312 g/mol. The summed E-state index contributed by atoms with van der Waals surface area (Å²) in [6, 6.07) is 3.21. The molecule has 2 N–H and O–H groups in total. The molecule has 116 valence electrons. The molecule has 0 bridgehead atoms. The van der Waals surface area contributed by atoms with Gasteiger partial charge in [-0.2, -0.15) is 0 Å². The van der Waals surface area contributed by atoms with E-state index in [2.05, 4.69) is 15.0 Å². The van der Waals surface area contributed by atoms with E-state index < -0.39 is 10.0 Å². The zero-order chi connectivity index (χ0) is 15.3. The SMILES string of the molecule is Cc1ccc(S(=O)(=O)NCCCN2CCNC(=O)C2)cn1. The molecule has 0 aromatic carbocycles. The third kappa shape index (κ3) is 4.76. The summed E-state index contributed by atoms with van der Waals surface area (Å²) in [4.78, 5) is 17.4. The van der Waals surface area contributed by atoms with Crippen LogP contribution in [-0.2, 0) is 14.8 Å². The Kier molecular flexibility index (Phi) is 5.27. The topological polar surface area (TPSA) is 91.4 Å². The van der Waals surface area contributed by atoms with Crippen LogP contribution in [0.3, 0.4) is 0 Å². The summed E-state index contributed by atoms with van der Waals surface area (Å²) in [6.07, 6.45) is 2.01. The average Bonchev–Trinajstić information content (AvgIpc) is 2.44. The van der Waals surface area contributed by atoms with Gasteiger partial charge in [0.05, 0.1) is 6.54 Å². The molecule has 8 heteroatoms. The van der Waals surface area contributed by atoms with Crippen molar-refractivity contribution in [1.82, 2.24) is 19.9 Å². The Hall–Kier alpha value is -1.51. The van der Waals surface area contributed by atoms with E-state index >= 15 is 0 Å². The molecular weight excluding hydrogens is 292 g/mol. The van der Waals surface area contributed by atoms with Crippen molar-refractivity contribution in [1.29, 1.82) is 0 Å². The van der Waals surface area contributed by atoms with Gasteiger partial charge in [0.2, 0.25) is 15.9 Å². The lowest BCUT2D eigenvalue weighted by molar-refractivity contribution is -0.124. The maximum absolute atomic E-state index is 12.0. The first-order chi connectivity index (χ1) is 9.97. The van der Waals surface area contributed by atoms with Gasteiger partial charge in [0, 0.05) is 31.5 Å². The predicted molar refractivity (Wildman–Crippen MR) is 78.2 cm³/mol. The Morgan fingerprint density at radius 1 is 1.43 bits per heavy atom. The molecule has 1 amide bonds. The van der Waals surface area contributed by atoms with E-state index in [1.165, 1.54) is 6.20 Å². The summed E-state index contributed by atoms with van der Waals surface area (Å²) in [5.41, 5.74) is 0.775. The number of aryl methyl sites for hydroxylation is 1. The molecule has 1 aliphatic heterocycles. The zero-order valence-electron chi connectivity index (χ0n) is 12.0. The highest BCUT2D eigenvalue weighted by molar-refractivity contribution is 7.89. The molecule has 1 aromatic heterocycles. The van der Waals surface area contributed by atoms with Crippen LogP contribution in [0, 0.1) is 6.92 Å². The van der Waals surface area contributed by atoms with Crippen molar-refractivity contribution in [3.05, 3.63) is 24.0 Å². The van der Waals surface area contributed by atoms with E-state index in [0.29, 0.717) is 32.6 Å². The van der Waals surface area contributed by atoms with E-state index in [1.54, 1.807) is 19.1 Å². The van der Waals surface area contributed by atoms with Crippen molar-refractivity contribution in [2.75, 3.05) is 32.7 Å². The molecule has 0 aliphatic carbocycles. The van der Waals surface area contributed by atoms with Crippen LogP contribution in [0.25, 0.3) is 0 Å². The second-order valence-corrected chi connectivity index (χ2v) is 6.78. The van der Waals surface area contributed by atoms with Gasteiger partial charge in [-0.15, -0.1) is 0 Å². The van der Waals surface area contributed by atoms with Crippen LogP contribution < -0.4 is 10.0 Å². The minimum absolute atomic E-state index is 0.0209. The summed E-state index contributed by atoms with van der Waals surface area (Å²) in [5, 5.41) is 2.75. The van der Waals surface area contributed by atoms with Crippen LogP contribution in [-0.4, -0.2) is 56.9 Å². The lowest BCUT2D eigenvalue weighted by Gasteiger charge is -2.26. The quantitative estimate of drug-likeness (QED) is 0.690. The zero-order valence-corrected chi connectivity index (χ0v) is 12.8. The first-order valence-electron chi connectivity index (χ1n) is 6.89. The largest absolute Gasteiger partial charge is 0.354 e. The van der Waals surface area contributed by atoms with E-state index in [9.17, 15) is 13.2 Å². The highest BCUT2D eigenvalue weighted by Crippen LogP contribution is 2.07. The number of carbonyl (C=O) groups is 1. The van der Waals surface area contributed by atoms with Gasteiger partial charge >= 0.3 is 0 Å². The van der Waals surface area contributed by atoms with E-state index in [0.717, 1.165) is 12.2 Å². The molecule has 0 atom stereocenters. The summed E-state index contributed by atoms with van der Waals surface area (Å²) < 4.78 is 26.6. The molecule has 2 heterocycles. The number of sulfonamides is 1. The van der Waals surface area contributed by atoms with E-state index in [1.807, 2.05) is 4.90 Å². The summed E-state index contributed by atoms with van der Waals surface area (Å²) in [7, 11) is -3.50. The highest BCUT2D eigenvalue weighted by Gasteiger charge is 2.16. The molecule has 1 aromatic rings. The van der Waals surface area contributed by atoms with Gasteiger partial charge in [-0.05, 0) is 32.0 Å². The third-order valence-corrected chi connectivity index (χ3v) is 4.70. The fraction of sp³-hybridized carbons (Fsp3) is 0.538. The van der Waals surface area contributed by atoms with Gasteiger partial charge in [-0.25, -0.2) is 13.1 Å². The number of pyridine rings is 1. The second kappa shape index (κ2) is 6.97. The number of nitrogens with zero attached hydrogens (tertiary/aromatic N) is 2. The van der Waals surface area contributed by atoms with Gasteiger partial charge in [0.25, 0.3) is 0 Å². The molecule has 1 saturated heterocycles. The summed E-state index contributed by atoms with van der Waals surface area (Å²) in [5.74, 6) is 0.0209. The van der Waals surface area contributed by atoms with E-state index in [4.69, 9.17) is 0 Å². The number of aromatic nitrogens is 1. The lowest BCUT2D eigenvalue weighted by atomic mass is 10.3. The van der Waals surface area contributed by atoms with Gasteiger partial charge in [-0.3, -0.25) is 14.7 Å². The van der Waals surface area contributed by atoms with Crippen LogP contribution in [0.2, 0.25) is 0 Å². The standard InChI is InChI=1S/C13H20N4O3S/c1-11-3-4-12(9-15-11)21(19,20)16-5-2-7-17-8-6-14-13(18)10-17/h3-4,9,16H,2,5-8,10H2,1H3,(H,14,18). The third-order valence-electron chi connectivity index (χ3n) is 3.26. The molecular formula is C13H20N4O3S. The molecule has 2 rings (SSSR count). The normalized spacial score (nSPS) is 16.7. The number of amides is 1. The van der Waals surface area contributed by atoms with Crippen LogP contribution in [0.1, 0.15) is 12.1 Å². The van der Waals surface area contributed by atoms with Gasteiger partial charge < -0.3 is 5.32 Å². The number of hydrogen-bond acceptors (Lipinski definition) is 5. The van der Waals surface area contributed by atoms with Gasteiger partial charge in [0.15, 0.2) is 0 Å². The predicted octanol–water partition coefficient (Wildman–Crippen LogP) is -0.510. The maximum atomic E-state index is 12.0. The van der Waals surface area contributed by atoms with Crippen molar-refractivity contribution < 1.29 is 13.2 Å². The second-order valence-electron chi connectivity index (χ2n) is 5.01. The maximum Gasteiger partial charge on any atom is 0.242 e. The Labute approximate surface area is 124 Å². The fourth-order valence-corrected chi connectivity index (χ4v) is 3.11. The van der Waals surface area contributed by atoms with Crippen molar-refractivity contribution in [2.45, 2.75) is 18.2 Å². The number of hydrogen-bond donors (Lipinski definition) is 2. The Bertz CT molecular complexity index is 586. The lowest BCUT2D eigenvalue weighted by Crippen LogP contribution is -2.48. The number of nitrogens with one attached hydrogen (secondary N) is 2. The fourth-order valence-electron chi connectivity index (χ4n) is 2.09. The molecule has 0 saturated carbocycles. The minimum atomic E-state index is -3.50. The summed E-state index contributed by atoms with van der Waals surface area (Å²) >= 11 is 0. The van der Waals surface area contributed by atoms with Crippen molar-refractivity contribution in [3.8, 4) is 0 Å². The Morgan fingerprint density at radius 2 is 2.24 bits per heavy atom. The van der Waals surface area contributed by atoms with Crippen molar-refractivity contribution in [3.63, 3.8) is 0 Å². The molecule has 0 unspecified atom stereocenters. The summed E-state index contributed by atoms with van der Waals surface area (Å²) in [6.45, 7) is 4.68. The molecule has 7 nitrogen and oxygen atoms in total. The van der Waals surface area contributed by atoms with Crippen LogP contribution >= 0.6 is 0 Å². The van der Waals surface area contributed by atoms with E-state index in [-0.39, 0.29) is 10.8 Å². The molecule has 0 spiro atoms. The van der Waals surface area contributed by atoms with Crippen molar-refractivity contribution in [2.24, 2.45) is 0 Å². The average molecular weight is 312 g/mol. The van der Waals surface area contributed by atoms with Crippen LogP contribution in [0.15, 0.2) is 23.2 Å². The number of rotatable bonds is 6. The first kappa shape index (κ1) is 15.9. The molecule has 1 fully saturated rings. The Balaban J connectivity index is 1.77. The van der Waals surface area contributed by atoms with Gasteiger partial charge in [-0.1, -0.05) is 0 Å². The highest BCUT2D eigenvalue weighted by atomic mass is 32.2. The molecule has 0 radical (unpaired) electrons. The van der Waals surface area contributed by atoms with Crippen LogP contribution in [0.5, 0.6) is 0 Å². The number of carbonyl (C=O) groups excluding carboxylic acids is 1. The van der Waals surface area contributed by atoms with Gasteiger partial charge in [0.1, 0.15) is 4.90 Å². The minimum Gasteiger partial charge on any atom is -0.354 e. The first-order valence-corrected chi connectivity index (χ1v) is 8.37. The van der Waals surface area contributed by atoms with Crippen molar-refractivity contribution >= 4 is 15.9 Å². The Morgan fingerprint density at radius 3 is 2.90 bits per heavy atom. The van der Waals surface area contributed by atoms with Crippen LogP contribution in [0.4, 0.5) is 0 Å².